The summed E-state index contributed by atoms with van der Waals surface area (Å²) in [5, 5.41) is 8.56. The molecule has 180 valence electrons. The van der Waals surface area contributed by atoms with Gasteiger partial charge in [0.05, 0.1) is 23.5 Å². The van der Waals surface area contributed by atoms with Crippen molar-refractivity contribution in [1.29, 1.82) is 0 Å². The third kappa shape index (κ3) is 5.82. The number of ether oxygens (including phenoxy) is 1. The minimum atomic E-state index is 0.112. The summed E-state index contributed by atoms with van der Waals surface area (Å²) in [6.07, 6.45) is 10.2. The van der Waals surface area contributed by atoms with Crippen molar-refractivity contribution in [3.63, 3.8) is 0 Å². The van der Waals surface area contributed by atoms with Crippen LogP contribution in [0.1, 0.15) is 57.4 Å². The Kier molecular flexibility index (Phi) is 8.28. The Bertz CT molecular complexity index is 1090. The van der Waals surface area contributed by atoms with Crippen molar-refractivity contribution in [3.05, 3.63) is 65.3 Å². The van der Waals surface area contributed by atoms with Crippen molar-refractivity contribution in [2.75, 3.05) is 7.11 Å². The molecule has 0 atom stereocenters. The molecule has 1 N–H and O–H groups in total. The highest BCUT2D eigenvalue weighted by atomic mass is 35.5. The van der Waals surface area contributed by atoms with Gasteiger partial charge in [-0.25, -0.2) is 4.68 Å². The van der Waals surface area contributed by atoms with E-state index in [1.807, 2.05) is 59.4 Å². The zero-order valence-corrected chi connectivity index (χ0v) is 20.9. The second kappa shape index (κ2) is 11.6. The number of nitrogens with zero attached hydrogens (tertiary/aromatic N) is 2. The van der Waals surface area contributed by atoms with Gasteiger partial charge in [-0.3, -0.25) is 4.79 Å². The van der Waals surface area contributed by atoms with Crippen molar-refractivity contribution >= 4 is 17.5 Å². The highest BCUT2D eigenvalue weighted by molar-refractivity contribution is 6.32. The SMILES string of the molecule is CCCCC1CCC(C(=O)NCc2cn(-c3ccccc3)nc2-c2ccc(OC)c(Cl)c2)CC1. The number of amides is 1. The zero-order chi connectivity index (χ0) is 23.9. The lowest BCUT2D eigenvalue weighted by Crippen LogP contribution is -2.32. The fourth-order valence-corrected chi connectivity index (χ4v) is 5.10. The topological polar surface area (TPSA) is 56.2 Å². The Hall–Kier alpha value is -2.79. The van der Waals surface area contributed by atoms with Crippen molar-refractivity contribution in [3.8, 4) is 22.7 Å². The van der Waals surface area contributed by atoms with Crippen molar-refractivity contribution in [2.45, 2.75) is 58.4 Å². The van der Waals surface area contributed by atoms with Crippen LogP contribution in [0.15, 0.2) is 54.7 Å². The number of unbranched alkanes of at least 4 members (excludes halogenated alkanes) is 1. The number of methoxy groups -OCH3 is 1. The van der Waals surface area contributed by atoms with Gasteiger partial charge >= 0.3 is 0 Å². The summed E-state index contributed by atoms with van der Waals surface area (Å²) in [4.78, 5) is 13.0. The number of rotatable bonds is 9. The van der Waals surface area contributed by atoms with Crippen LogP contribution in [0.25, 0.3) is 16.9 Å². The van der Waals surface area contributed by atoms with Gasteiger partial charge in [0.25, 0.3) is 0 Å². The molecule has 1 fully saturated rings. The quantitative estimate of drug-likeness (QED) is 0.366. The minimum absolute atomic E-state index is 0.112. The zero-order valence-electron chi connectivity index (χ0n) is 20.1. The van der Waals surface area contributed by atoms with Crippen LogP contribution in [0.3, 0.4) is 0 Å². The van der Waals surface area contributed by atoms with E-state index in [-0.39, 0.29) is 11.8 Å². The summed E-state index contributed by atoms with van der Waals surface area (Å²) < 4.78 is 7.16. The molecule has 0 spiro atoms. The molecular formula is C28H34ClN3O2. The average Bonchev–Trinajstić information content (AvgIpc) is 3.31. The number of halogens is 1. The molecule has 2 aromatic carbocycles. The standard InChI is InChI=1S/C28H34ClN3O2/c1-3-4-8-20-11-13-21(14-12-20)28(33)30-18-23-19-32(24-9-6-5-7-10-24)31-27(23)22-15-16-26(34-2)25(29)17-22/h5-7,9-10,15-17,19-21H,3-4,8,11-14,18H2,1-2H3,(H,30,33). The summed E-state index contributed by atoms with van der Waals surface area (Å²) >= 11 is 6.40. The maximum atomic E-state index is 13.0. The average molecular weight is 480 g/mol. The molecule has 5 nitrogen and oxygen atoms in total. The molecule has 1 aliphatic rings. The van der Waals surface area contributed by atoms with E-state index in [4.69, 9.17) is 21.4 Å². The van der Waals surface area contributed by atoms with E-state index >= 15 is 0 Å². The van der Waals surface area contributed by atoms with E-state index in [0.717, 1.165) is 41.3 Å². The Balaban J connectivity index is 1.50. The van der Waals surface area contributed by atoms with Crippen molar-refractivity contribution in [2.24, 2.45) is 11.8 Å². The van der Waals surface area contributed by atoms with Gasteiger partial charge in [-0.15, -0.1) is 0 Å². The molecule has 1 aliphatic carbocycles. The molecule has 0 unspecified atom stereocenters. The van der Waals surface area contributed by atoms with Gasteiger partial charge in [0.2, 0.25) is 5.91 Å². The predicted molar refractivity (Wildman–Crippen MR) is 137 cm³/mol. The fraction of sp³-hybridized carbons (Fsp3) is 0.429. The lowest BCUT2D eigenvalue weighted by molar-refractivity contribution is -0.126. The first kappa shape index (κ1) is 24.3. The van der Waals surface area contributed by atoms with Crippen LogP contribution < -0.4 is 10.1 Å². The van der Waals surface area contributed by atoms with Crippen LogP contribution in [-0.4, -0.2) is 22.8 Å². The first-order valence-corrected chi connectivity index (χ1v) is 12.7. The Morgan fingerprint density at radius 3 is 2.59 bits per heavy atom. The number of aromatic nitrogens is 2. The molecule has 34 heavy (non-hydrogen) atoms. The highest BCUT2D eigenvalue weighted by Crippen LogP contribution is 2.33. The molecule has 1 aromatic heterocycles. The number of carbonyl (C=O) groups excluding carboxylic acids is 1. The van der Waals surface area contributed by atoms with Gasteiger partial charge in [0.15, 0.2) is 0 Å². The van der Waals surface area contributed by atoms with Crippen LogP contribution in [0.4, 0.5) is 0 Å². The minimum Gasteiger partial charge on any atom is -0.495 e. The first-order chi connectivity index (χ1) is 16.6. The molecule has 1 amide bonds. The Morgan fingerprint density at radius 1 is 1.15 bits per heavy atom. The van der Waals surface area contributed by atoms with E-state index in [0.29, 0.717) is 17.3 Å². The summed E-state index contributed by atoms with van der Waals surface area (Å²) in [6, 6.07) is 15.6. The second-order valence-corrected chi connectivity index (χ2v) is 9.62. The Labute approximate surface area is 207 Å². The second-order valence-electron chi connectivity index (χ2n) is 9.21. The normalized spacial score (nSPS) is 18.0. The van der Waals surface area contributed by atoms with Gasteiger partial charge < -0.3 is 10.1 Å². The number of hydrogen-bond donors (Lipinski definition) is 1. The number of hydrogen-bond acceptors (Lipinski definition) is 3. The summed E-state index contributed by atoms with van der Waals surface area (Å²) in [5.41, 5.74) is 3.61. The molecule has 3 aromatic rings. The first-order valence-electron chi connectivity index (χ1n) is 12.3. The molecule has 1 heterocycles. The summed E-state index contributed by atoms with van der Waals surface area (Å²) in [5.74, 6) is 1.68. The molecular weight excluding hydrogens is 446 g/mol. The number of carbonyl (C=O) groups is 1. The van der Waals surface area contributed by atoms with Crippen LogP contribution in [0.5, 0.6) is 5.75 Å². The van der Waals surface area contributed by atoms with E-state index in [9.17, 15) is 4.79 Å². The van der Waals surface area contributed by atoms with Crippen molar-refractivity contribution in [1.82, 2.24) is 15.1 Å². The Morgan fingerprint density at radius 2 is 1.91 bits per heavy atom. The number of nitrogens with one attached hydrogen (secondary N) is 1. The van der Waals surface area contributed by atoms with Crippen LogP contribution in [0, 0.1) is 11.8 Å². The lowest BCUT2D eigenvalue weighted by atomic mass is 9.79. The largest absolute Gasteiger partial charge is 0.495 e. The molecule has 4 rings (SSSR count). The molecule has 6 heteroatoms. The number of para-hydroxylation sites is 1. The smallest absolute Gasteiger partial charge is 0.223 e. The van der Waals surface area contributed by atoms with E-state index in [1.165, 1.54) is 32.1 Å². The molecule has 0 saturated heterocycles. The van der Waals surface area contributed by atoms with Crippen LogP contribution in [-0.2, 0) is 11.3 Å². The monoisotopic (exact) mass is 479 g/mol. The molecule has 1 saturated carbocycles. The number of benzene rings is 2. The van der Waals surface area contributed by atoms with Crippen molar-refractivity contribution < 1.29 is 9.53 Å². The van der Waals surface area contributed by atoms with E-state index in [1.54, 1.807) is 7.11 Å². The maximum Gasteiger partial charge on any atom is 0.223 e. The highest BCUT2D eigenvalue weighted by Gasteiger charge is 2.26. The van der Waals surface area contributed by atoms with Crippen LogP contribution >= 0.6 is 11.6 Å². The third-order valence-electron chi connectivity index (χ3n) is 6.87. The fourth-order valence-electron chi connectivity index (χ4n) is 4.84. The van der Waals surface area contributed by atoms with Gasteiger partial charge in [-0.1, -0.05) is 56.0 Å². The van der Waals surface area contributed by atoms with Gasteiger partial charge in [-0.05, 0) is 61.9 Å². The van der Waals surface area contributed by atoms with E-state index < -0.39 is 0 Å². The van der Waals surface area contributed by atoms with E-state index in [2.05, 4.69) is 12.2 Å². The summed E-state index contributed by atoms with van der Waals surface area (Å²) in [7, 11) is 1.60. The molecule has 0 aliphatic heterocycles. The molecule has 0 radical (unpaired) electrons. The third-order valence-corrected chi connectivity index (χ3v) is 7.17. The lowest BCUT2D eigenvalue weighted by Gasteiger charge is -2.27. The van der Waals surface area contributed by atoms with Gasteiger partial charge in [-0.2, -0.15) is 5.10 Å². The van der Waals surface area contributed by atoms with Gasteiger partial charge in [0, 0.05) is 29.8 Å². The van der Waals surface area contributed by atoms with Crippen LogP contribution in [0.2, 0.25) is 5.02 Å². The predicted octanol–water partition coefficient (Wildman–Crippen LogP) is 6.81. The maximum absolute atomic E-state index is 13.0. The van der Waals surface area contributed by atoms with Gasteiger partial charge in [0.1, 0.15) is 5.75 Å². The molecule has 0 bridgehead atoms. The summed E-state index contributed by atoms with van der Waals surface area (Å²) in [6.45, 7) is 2.67.